The number of methoxy groups -OCH3 is 2. The molecule has 2 rings (SSSR count). The molecule has 0 N–H and O–H groups in total. The summed E-state index contributed by atoms with van der Waals surface area (Å²) < 4.78 is 15.3. The SMILES string of the molecule is COC1=C(OC)C(=O)C(CN2CCOCC2)=C(C)C1=O. The van der Waals surface area contributed by atoms with Gasteiger partial charge in [0.2, 0.25) is 23.1 Å². The Balaban J connectivity index is 2.26. The average molecular weight is 281 g/mol. The molecule has 0 aromatic carbocycles. The predicted octanol–water partition coefficient (Wildman–Crippen LogP) is 0.291. The van der Waals surface area contributed by atoms with Gasteiger partial charge in [-0.1, -0.05) is 0 Å². The van der Waals surface area contributed by atoms with E-state index in [2.05, 4.69) is 4.90 Å². The van der Waals surface area contributed by atoms with E-state index in [9.17, 15) is 9.59 Å². The molecule has 2 aliphatic rings. The molecule has 1 saturated heterocycles. The van der Waals surface area contributed by atoms with Crippen LogP contribution in [0.3, 0.4) is 0 Å². The minimum atomic E-state index is -0.285. The van der Waals surface area contributed by atoms with Gasteiger partial charge in [0.05, 0.1) is 27.4 Å². The maximum absolute atomic E-state index is 12.4. The second-order valence-corrected chi connectivity index (χ2v) is 4.72. The van der Waals surface area contributed by atoms with E-state index in [1.807, 2.05) is 0 Å². The fourth-order valence-electron chi connectivity index (χ4n) is 2.36. The van der Waals surface area contributed by atoms with E-state index in [4.69, 9.17) is 14.2 Å². The van der Waals surface area contributed by atoms with Crippen LogP contribution in [-0.2, 0) is 23.8 Å². The maximum atomic E-state index is 12.4. The molecule has 0 aromatic heterocycles. The highest BCUT2D eigenvalue weighted by Gasteiger charge is 2.35. The first kappa shape index (κ1) is 14.7. The van der Waals surface area contributed by atoms with E-state index in [0.717, 1.165) is 13.1 Å². The van der Waals surface area contributed by atoms with Crippen LogP contribution in [0.5, 0.6) is 0 Å². The van der Waals surface area contributed by atoms with Crippen molar-refractivity contribution in [1.82, 2.24) is 4.90 Å². The number of carbonyl (C=O) groups is 2. The molecule has 6 nitrogen and oxygen atoms in total. The number of Topliss-reactive ketones (excluding diaryl/α,β-unsaturated/α-hetero) is 2. The number of ketones is 2. The Bertz CT molecular complexity index is 486. The Morgan fingerprint density at radius 3 is 2.15 bits per heavy atom. The third-order valence-electron chi connectivity index (χ3n) is 3.58. The number of allylic oxidation sites excluding steroid dienone is 2. The van der Waals surface area contributed by atoms with E-state index in [1.165, 1.54) is 14.2 Å². The smallest absolute Gasteiger partial charge is 0.229 e. The molecule has 0 spiro atoms. The summed E-state index contributed by atoms with van der Waals surface area (Å²) in [5.41, 5.74) is 0.911. The number of morpholine rings is 1. The zero-order chi connectivity index (χ0) is 14.7. The zero-order valence-corrected chi connectivity index (χ0v) is 12.0. The van der Waals surface area contributed by atoms with Gasteiger partial charge in [-0.05, 0) is 6.92 Å². The molecule has 0 unspecified atom stereocenters. The highest BCUT2D eigenvalue weighted by atomic mass is 16.5. The van der Waals surface area contributed by atoms with Crippen LogP contribution in [-0.4, -0.2) is 63.5 Å². The molecule has 110 valence electrons. The Kier molecular flexibility index (Phi) is 4.57. The van der Waals surface area contributed by atoms with E-state index >= 15 is 0 Å². The Labute approximate surface area is 118 Å². The van der Waals surface area contributed by atoms with Crippen molar-refractivity contribution in [1.29, 1.82) is 0 Å². The molecule has 1 aliphatic carbocycles. The molecule has 0 saturated carbocycles. The Morgan fingerprint density at radius 2 is 1.60 bits per heavy atom. The first-order valence-electron chi connectivity index (χ1n) is 6.51. The van der Waals surface area contributed by atoms with Gasteiger partial charge in [-0.3, -0.25) is 14.5 Å². The molecule has 1 fully saturated rings. The van der Waals surface area contributed by atoms with Crippen molar-refractivity contribution in [2.45, 2.75) is 6.92 Å². The Morgan fingerprint density at radius 1 is 1.05 bits per heavy atom. The molecule has 0 bridgehead atoms. The minimum absolute atomic E-state index is 0.00800. The van der Waals surface area contributed by atoms with Crippen molar-refractivity contribution in [3.05, 3.63) is 22.7 Å². The largest absolute Gasteiger partial charge is 0.489 e. The number of nitrogens with zero attached hydrogens (tertiary/aromatic N) is 1. The van der Waals surface area contributed by atoms with Crippen LogP contribution >= 0.6 is 0 Å². The first-order valence-corrected chi connectivity index (χ1v) is 6.51. The molecule has 1 heterocycles. The summed E-state index contributed by atoms with van der Waals surface area (Å²) in [5.74, 6) is -0.577. The summed E-state index contributed by atoms with van der Waals surface area (Å²) in [5, 5.41) is 0. The van der Waals surface area contributed by atoms with Crippen molar-refractivity contribution in [3.8, 4) is 0 Å². The zero-order valence-electron chi connectivity index (χ0n) is 12.0. The van der Waals surface area contributed by atoms with Crippen LogP contribution in [0.25, 0.3) is 0 Å². The second-order valence-electron chi connectivity index (χ2n) is 4.72. The quantitative estimate of drug-likeness (QED) is 0.690. The lowest BCUT2D eigenvalue weighted by Gasteiger charge is -2.29. The van der Waals surface area contributed by atoms with Crippen molar-refractivity contribution in [2.24, 2.45) is 0 Å². The highest BCUT2D eigenvalue weighted by molar-refractivity contribution is 6.23. The fourth-order valence-corrected chi connectivity index (χ4v) is 2.36. The third-order valence-corrected chi connectivity index (χ3v) is 3.58. The van der Waals surface area contributed by atoms with E-state index < -0.39 is 0 Å². The van der Waals surface area contributed by atoms with E-state index in [1.54, 1.807) is 6.92 Å². The number of ether oxygens (including phenoxy) is 3. The first-order chi connectivity index (χ1) is 9.60. The lowest BCUT2D eigenvalue weighted by molar-refractivity contribution is -0.121. The molecule has 1 aliphatic heterocycles. The van der Waals surface area contributed by atoms with Gasteiger partial charge in [-0.25, -0.2) is 0 Å². The second kappa shape index (κ2) is 6.19. The molecule has 0 aromatic rings. The summed E-state index contributed by atoms with van der Waals surface area (Å²) >= 11 is 0. The van der Waals surface area contributed by atoms with Gasteiger partial charge in [0.15, 0.2) is 0 Å². The van der Waals surface area contributed by atoms with Crippen molar-refractivity contribution >= 4 is 11.6 Å². The molecule has 0 amide bonds. The van der Waals surface area contributed by atoms with Crippen molar-refractivity contribution < 1.29 is 23.8 Å². The van der Waals surface area contributed by atoms with Gasteiger partial charge < -0.3 is 14.2 Å². The lowest BCUT2D eigenvalue weighted by atomic mass is 9.92. The summed E-state index contributed by atoms with van der Waals surface area (Å²) in [6.45, 7) is 4.88. The van der Waals surface area contributed by atoms with E-state index in [-0.39, 0.29) is 23.1 Å². The normalized spacial score (nSPS) is 21.6. The minimum Gasteiger partial charge on any atom is -0.489 e. The topological polar surface area (TPSA) is 65.1 Å². The van der Waals surface area contributed by atoms with Crippen LogP contribution in [0.1, 0.15) is 6.92 Å². The monoisotopic (exact) mass is 281 g/mol. The molecule has 0 atom stereocenters. The number of hydrogen-bond acceptors (Lipinski definition) is 6. The molecular weight excluding hydrogens is 262 g/mol. The fraction of sp³-hybridized carbons (Fsp3) is 0.571. The summed E-state index contributed by atoms with van der Waals surface area (Å²) in [6.07, 6.45) is 0. The average Bonchev–Trinajstić information content (AvgIpc) is 2.48. The van der Waals surface area contributed by atoms with Gasteiger partial charge in [0.1, 0.15) is 0 Å². The van der Waals surface area contributed by atoms with Crippen LogP contribution in [0.15, 0.2) is 22.7 Å². The third kappa shape index (κ3) is 2.62. The molecular formula is C14H19NO5. The number of rotatable bonds is 4. The van der Waals surface area contributed by atoms with Gasteiger partial charge in [-0.2, -0.15) is 0 Å². The van der Waals surface area contributed by atoms with Crippen LogP contribution in [0, 0.1) is 0 Å². The van der Waals surface area contributed by atoms with Crippen LogP contribution in [0.2, 0.25) is 0 Å². The van der Waals surface area contributed by atoms with Crippen molar-refractivity contribution in [3.63, 3.8) is 0 Å². The van der Waals surface area contributed by atoms with E-state index in [0.29, 0.717) is 30.9 Å². The lowest BCUT2D eigenvalue weighted by Crippen LogP contribution is -2.40. The van der Waals surface area contributed by atoms with Gasteiger partial charge in [0.25, 0.3) is 0 Å². The number of carbonyl (C=O) groups excluding carboxylic acids is 2. The van der Waals surface area contributed by atoms with Gasteiger partial charge in [0, 0.05) is 30.8 Å². The van der Waals surface area contributed by atoms with Gasteiger partial charge >= 0.3 is 0 Å². The predicted molar refractivity (Wildman–Crippen MR) is 71.0 cm³/mol. The van der Waals surface area contributed by atoms with Gasteiger partial charge in [-0.15, -0.1) is 0 Å². The summed E-state index contributed by atoms with van der Waals surface area (Å²) in [4.78, 5) is 26.7. The number of hydrogen-bond donors (Lipinski definition) is 0. The highest BCUT2D eigenvalue weighted by Crippen LogP contribution is 2.26. The Hall–Kier alpha value is -1.66. The maximum Gasteiger partial charge on any atom is 0.229 e. The van der Waals surface area contributed by atoms with Crippen LogP contribution in [0.4, 0.5) is 0 Å². The molecule has 0 radical (unpaired) electrons. The molecule has 20 heavy (non-hydrogen) atoms. The standard InChI is InChI=1S/C14H19NO5/c1-9-10(8-15-4-6-20-7-5-15)12(17)14(19-3)13(18-2)11(9)16/h4-8H2,1-3H3. The van der Waals surface area contributed by atoms with Crippen molar-refractivity contribution in [2.75, 3.05) is 47.1 Å². The summed E-state index contributed by atoms with van der Waals surface area (Å²) in [7, 11) is 2.73. The molecule has 6 heteroatoms. The van der Waals surface area contributed by atoms with Crippen LogP contribution < -0.4 is 0 Å². The summed E-state index contributed by atoms with van der Waals surface area (Å²) in [6, 6.07) is 0.